The number of nitro groups is 1. The average Bonchev–Trinajstić information content (AvgIpc) is 3.20. The van der Waals surface area contributed by atoms with Gasteiger partial charge in [-0.1, -0.05) is 36.0 Å². The lowest BCUT2D eigenvalue weighted by atomic mass is 10.2. The molecule has 0 fully saturated rings. The van der Waals surface area contributed by atoms with E-state index in [1.165, 1.54) is 12.1 Å². The van der Waals surface area contributed by atoms with Crippen LogP contribution >= 0.6 is 11.8 Å². The van der Waals surface area contributed by atoms with Crippen LogP contribution in [0.15, 0.2) is 58.2 Å². The fraction of sp³-hybridized carbons (Fsp3) is 0.211. The van der Waals surface area contributed by atoms with Crippen molar-refractivity contribution in [2.24, 2.45) is 0 Å². The minimum absolute atomic E-state index is 0.0704. The van der Waals surface area contributed by atoms with Crippen molar-refractivity contribution in [2.45, 2.75) is 23.9 Å². The Morgan fingerprint density at radius 3 is 2.83 bits per heavy atom. The topological polar surface area (TPSA) is 120 Å². The highest BCUT2D eigenvalue weighted by Crippen LogP contribution is 2.28. The van der Waals surface area contributed by atoms with E-state index in [0.29, 0.717) is 17.9 Å². The number of carbonyl (C=O) groups is 1. The lowest BCUT2D eigenvalue weighted by Gasteiger charge is -2.12. The maximum atomic E-state index is 12.4. The van der Waals surface area contributed by atoms with E-state index in [0.717, 1.165) is 17.3 Å². The minimum Gasteiger partial charge on any atom is -0.496 e. The van der Waals surface area contributed by atoms with E-state index < -0.39 is 10.2 Å². The predicted molar refractivity (Wildman–Crippen MR) is 107 cm³/mol. The second-order valence-corrected chi connectivity index (χ2v) is 7.26. The molecule has 9 nitrogen and oxygen atoms in total. The molecule has 1 heterocycles. The predicted octanol–water partition coefficient (Wildman–Crippen LogP) is 3.45. The second kappa shape index (κ2) is 9.20. The number of para-hydroxylation sites is 1. The number of hydrogen-bond acceptors (Lipinski definition) is 8. The monoisotopic (exact) mass is 414 g/mol. The van der Waals surface area contributed by atoms with Gasteiger partial charge in [0, 0.05) is 29.8 Å². The zero-order valence-corrected chi connectivity index (χ0v) is 16.5. The van der Waals surface area contributed by atoms with Crippen LogP contribution in [-0.2, 0) is 11.3 Å². The van der Waals surface area contributed by atoms with Gasteiger partial charge < -0.3 is 14.5 Å². The largest absolute Gasteiger partial charge is 0.496 e. The first-order valence-electron chi connectivity index (χ1n) is 8.62. The Kier molecular flexibility index (Phi) is 6.45. The van der Waals surface area contributed by atoms with Crippen LogP contribution in [0.1, 0.15) is 12.5 Å². The van der Waals surface area contributed by atoms with Crippen LogP contribution < -0.4 is 10.1 Å². The number of nitrogens with one attached hydrogen (secondary N) is 1. The van der Waals surface area contributed by atoms with E-state index in [4.69, 9.17) is 9.15 Å². The van der Waals surface area contributed by atoms with Gasteiger partial charge in [0.05, 0.1) is 17.3 Å². The van der Waals surface area contributed by atoms with E-state index in [1.54, 1.807) is 26.2 Å². The molecule has 0 saturated carbocycles. The zero-order chi connectivity index (χ0) is 20.8. The highest BCUT2D eigenvalue weighted by Gasteiger charge is 2.19. The standard InChI is InChI=1S/C19H18N4O5S/c1-12(17(24)20-11-14-6-3-4-9-16(14)27-2)29-19-22-21-18(28-19)13-7-5-8-15(10-13)23(25)26/h3-10,12H,11H2,1-2H3,(H,20,24)/t12-/m1/s1. The third-order valence-electron chi connectivity index (χ3n) is 4.00. The number of aromatic nitrogens is 2. The molecule has 0 radical (unpaired) electrons. The summed E-state index contributed by atoms with van der Waals surface area (Å²) >= 11 is 1.11. The molecule has 29 heavy (non-hydrogen) atoms. The van der Waals surface area contributed by atoms with Gasteiger partial charge in [0.25, 0.3) is 10.9 Å². The van der Waals surface area contributed by atoms with Crippen molar-refractivity contribution in [3.8, 4) is 17.2 Å². The number of nitro benzene ring substituents is 1. The molecule has 3 aromatic rings. The van der Waals surface area contributed by atoms with Gasteiger partial charge in [-0.15, -0.1) is 10.2 Å². The molecule has 0 aliphatic carbocycles. The van der Waals surface area contributed by atoms with Gasteiger partial charge in [0.1, 0.15) is 5.75 Å². The Balaban J connectivity index is 1.61. The van der Waals surface area contributed by atoms with E-state index in [1.807, 2.05) is 24.3 Å². The maximum absolute atomic E-state index is 12.4. The summed E-state index contributed by atoms with van der Waals surface area (Å²) in [6.45, 7) is 2.05. The normalized spacial score (nSPS) is 11.7. The Bertz CT molecular complexity index is 1020. The van der Waals surface area contributed by atoms with Crippen LogP contribution in [0, 0.1) is 10.1 Å². The molecule has 1 N–H and O–H groups in total. The number of ether oxygens (including phenoxy) is 1. The van der Waals surface area contributed by atoms with E-state index in [2.05, 4.69) is 15.5 Å². The van der Waals surface area contributed by atoms with Crippen LogP contribution in [-0.4, -0.2) is 33.4 Å². The lowest BCUT2D eigenvalue weighted by molar-refractivity contribution is -0.384. The molecular weight excluding hydrogens is 396 g/mol. The number of benzene rings is 2. The third kappa shape index (κ3) is 5.11. The first kappa shape index (κ1) is 20.3. The molecule has 0 bridgehead atoms. The van der Waals surface area contributed by atoms with E-state index in [9.17, 15) is 14.9 Å². The molecule has 150 valence electrons. The molecule has 1 amide bonds. The number of thioether (sulfide) groups is 1. The summed E-state index contributed by atoms with van der Waals surface area (Å²) < 4.78 is 10.8. The van der Waals surface area contributed by atoms with Crippen molar-refractivity contribution in [3.63, 3.8) is 0 Å². The molecule has 1 atom stereocenters. The number of non-ortho nitro benzene ring substituents is 1. The Hall–Kier alpha value is -3.40. The van der Waals surface area contributed by atoms with Crippen molar-refractivity contribution in [2.75, 3.05) is 7.11 Å². The van der Waals surface area contributed by atoms with Crippen LogP contribution in [0.4, 0.5) is 5.69 Å². The molecule has 3 rings (SSSR count). The highest BCUT2D eigenvalue weighted by molar-refractivity contribution is 8.00. The molecule has 0 aliphatic rings. The average molecular weight is 414 g/mol. The van der Waals surface area contributed by atoms with Crippen LogP contribution in [0.25, 0.3) is 11.5 Å². The molecule has 0 saturated heterocycles. The minimum atomic E-state index is -0.496. The van der Waals surface area contributed by atoms with Gasteiger partial charge in [-0.25, -0.2) is 0 Å². The number of nitrogens with zero attached hydrogens (tertiary/aromatic N) is 3. The van der Waals surface area contributed by atoms with Gasteiger partial charge in [0.2, 0.25) is 11.8 Å². The zero-order valence-electron chi connectivity index (χ0n) is 15.7. The van der Waals surface area contributed by atoms with Crippen molar-refractivity contribution >= 4 is 23.4 Å². The van der Waals surface area contributed by atoms with Gasteiger partial charge >= 0.3 is 0 Å². The van der Waals surface area contributed by atoms with Crippen molar-refractivity contribution < 1.29 is 18.9 Å². The molecule has 10 heteroatoms. The summed E-state index contributed by atoms with van der Waals surface area (Å²) in [6.07, 6.45) is 0. The smallest absolute Gasteiger partial charge is 0.277 e. The fourth-order valence-corrected chi connectivity index (χ4v) is 3.21. The Morgan fingerprint density at radius 1 is 1.28 bits per heavy atom. The van der Waals surface area contributed by atoms with Crippen LogP contribution in [0.3, 0.4) is 0 Å². The van der Waals surface area contributed by atoms with Crippen LogP contribution in [0.2, 0.25) is 0 Å². The third-order valence-corrected chi connectivity index (χ3v) is 4.94. The van der Waals surface area contributed by atoms with Gasteiger partial charge in [-0.3, -0.25) is 14.9 Å². The number of methoxy groups -OCH3 is 1. The number of amides is 1. The van der Waals surface area contributed by atoms with E-state index in [-0.39, 0.29) is 22.7 Å². The molecule has 2 aromatic carbocycles. The summed E-state index contributed by atoms with van der Waals surface area (Å²) in [5.41, 5.74) is 1.23. The van der Waals surface area contributed by atoms with Crippen molar-refractivity contribution in [1.82, 2.24) is 15.5 Å². The summed E-state index contributed by atoms with van der Waals surface area (Å²) in [6, 6.07) is 13.3. The van der Waals surface area contributed by atoms with Crippen LogP contribution in [0.5, 0.6) is 5.75 Å². The van der Waals surface area contributed by atoms with Gasteiger partial charge in [-0.2, -0.15) is 0 Å². The Morgan fingerprint density at radius 2 is 2.07 bits per heavy atom. The van der Waals surface area contributed by atoms with Gasteiger partial charge in [-0.05, 0) is 19.1 Å². The summed E-state index contributed by atoms with van der Waals surface area (Å²) in [7, 11) is 1.58. The molecule has 1 aromatic heterocycles. The van der Waals surface area contributed by atoms with E-state index >= 15 is 0 Å². The summed E-state index contributed by atoms with van der Waals surface area (Å²) in [5.74, 6) is 0.653. The number of carbonyl (C=O) groups excluding carboxylic acids is 1. The maximum Gasteiger partial charge on any atom is 0.277 e. The molecular formula is C19H18N4O5S. The quantitative estimate of drug-likeness (QED) is 0.338. The lowest BCUT2D eigenvalue weighted by Crippen LogP contribution is -2.30. The second-order valence-electron chi connectivity index (χ2n) is 5.97. The van der Waals surface area contributed by atoms with Crippen molar-refractivity contribution in [3.05, 3.63) is 64.2 Å². The first-order chi connectivity index (χ1) is 14.0. The first-order valence-corrected chi connectivity index (χ1v) is 9.50. The molecule has 0 unspecified atom stereocenters. The number of hydrogen-bond donors (Lipinski definition) is 1. The number of rotatable bonds is 8. The fourth-order valence-electron chi connectivity index (χ4n) is 2.51. The molecule has 0 spiro atoms. The molecule has 0 aliphatic heterocycles. The van der Waals surface area contributed by atoms with Crippen molar-refractivity contribution in [1.29, 1.82) is 0 Å². The summed E-state index contributed by atoms with van der Waals surface area (Å²) in [4.78, 5) is 22.8. The SMILES string of the molecule is COc1ccccc1CNC(=O)[C@@H](C)Sc1nnc(-c2cccc([N+](=O)[O-])c2)o1. The van der Waals surface area contributed by atoms with Gasteiger partial charge in [0.15, 0.2) is 0 Å². The Labute approximate surface area is 170 Å². The highest BCUT2D eigenvalue weighted by atomic mass is 32.2. The summed E-state index contributed by atoms with van der Waals surface area (Å²) in [5, 5.41) is 21.3.